The molecule has 10 heterocycles. The minimum atomic E-state index is -0.694. The normalized spacial score (nSPS) is 11.0. The van der Waals surface area contributed by atoms with Gasteiger partial charge in [0.05, 0.1) is 33.5 Å². The van der Waals surface area contributed by atoms with Gasteiger partial charge in [0.25, 0.3) is 17.7 Å². The van der Waals surface area contributed by atoms with Crippen LogP contribution >= 0.6 is 56.7 Å². The molecule has 0 saturated carbocycles. The van der Waals surface area contributed by atoms with E-state index in [0.29, 0.717) is 86.8 Å². The maximum atomic E-state index is 13.3. The summed E-state index contributed by atoms with van der Waals surface area (Å²) in [4.78, 5) is 107. The van der Waals surface area contributed by atoms with Gasteiger partial charge in [0.15, 0.2) is 27.9 Å². The van der Waals surface area contributed by atoms with E-state index in [1.165, 1.54) is 121 Å². The quantitative estimate of drug-likeness (QED) is 0.0470. The van der Waals surface area contributed by atoms with Crippen LogP contribution in [0.15, 0.2) is 346 Å². The average Bonchev–Trinajstić information content (AvgIpc) is 1.70. The second-order valence-electron chi connectivity index (χ2n) is 33.0. The van der Waals surface area contributed by atoms with Gasteiger partial charge in [0, 0.05) is 95.4 Å². The third-order valence-electron chi connectivity index (χ3n) is 23.0. The summed E-state index contributed by atoms with van der Waals surface area (Å²) in [6.45, 7) is 22.1. The number of aliphatic hydroxyl groups excluding tert-OH is 5. The number of hydrogen-bond donors (Lipinski definition) is 5. The number of thiophene rings is 5. The predicted octanol–water partition coefficient (Wildman–Crippen LogP) is 27.5. The Balaban J connectivity index is 0.000000134. The summed E-state index contributed by atoms with van der Waals surface area (Å²) in [6, 6.07) is 77.8. The molecule has 720 valence electrons. The van der Waals surface area contributed by atoms with Crippen molar-refractivity contribution < 1.29 is 75.2 Å². The van der Waals surface area contributed by atoms with E-state index in [2.05, 4.69) is 37.8 Å². The fraction of sp³-hybridized carbons (Fsp3) is 0.0893. The van der Waals surface area contributed by atoms with Crippen LogP contribution in [0.4, 0.5) is 38.2 Å². The molecule has 31 heteroatoms. The lowest BCUT2D eigenvalue weighted by atomic mass is 9.99. The van der Waals surface area contributed by atoms with Crippen molar-refractivity contribution in [3.63, 3.8) is 0 Å². The van der Waals surface area contributed by atoms with Gasteiger partial charge in [-0.15, -0.1) is 56.7 Å². The first-order valence-electron chi connectivity index (χ1n) is 43.3. The molecule has 20 rings (SSSR count). The molecule has 0 atom stereocenters. The summed E-state index contributed by atoms with van der Waals surface area (Å²) in [7, 11) is 8.90. The molecule has 0 aliphatic rings. The Morgan fingerprint density at radius 2 is 0.685 bits per heavy atom. The number of amides is 3. The topological polar surface area (TPSA) is 320 Å². The largest absolute Gasteiger partial charge is 0.508 e. The van der Waals surface area contributed by atoms with E-state index in [0.717, 1.165) is 96.2 Å². The number of fused-ring (bicyclic) bond motifs is 8. The van der Waals surface area contributed by atoms with E-state index < -0.39 is 28.1 Å². The lowest BCUT2D eigenvalue weighted by Gasteiger charge is -2.19. The zero-order valence-corrected chi connectivity index (χ0v) is 80.9. The van der Waals surface area contributed by atoms with Crippen molar-refractivity contribution in [2.75, 3.05) is 59.7 Å². The van der Waals surface area contributed by atoms with Crippen LogP contribution in [0.1, 0.15) is 88.6 Å². The van der Waals surface area contributed by atoms with Crippen LogP contribution < -0.4 is 52.6 Å². The summed E-state index contributed by atoms with van der Waals surface area (Å²) in [6.07, 6.45) is 0. The van der Waals surface area contributed by atoms with Gasteiger partial charge in [0.1, 0.15) is 89.1 Å². The maximum Gasteiger partial charge on any atom is 0.347 e. The Labute approximate surface area is 833 Å². The van der Waals surface area contributed by atoms with Crippen LogP contribution in [0.2, 0.25) is 0 Å². The first kappa shape index (κ1) is 100. The van der Waals surface area contributed by atoms with E-state index in [9.17, 15) is 77.1 Å². The van der Waals surface area contributed by atoms with Gasteiger partial charge in [-0.1, -0.05) is 174 Å². The van der Waals surface area contributed by atoms with Crippen LogP contribution in [-0.4, -0.2) is 78.5 Å². The SMILES string of the molecule is C.C=C(O)c1cc2sc(N(C)C(=O)c3cc(C)c4ccccc4c3)cc2oc1=O.C=C(O)c1cc2sc(N(C)C(=O)c3cc(C)cc4ccccc34)cc2oc1=O.C=C(O)c1cc2sc(N(C)C(=O)c3cccc(-c4ccc(F)cc4)c3)cc2oc1=O.C=C(O)c1cc2sc(N(C)Cc3ccc4cc(F)ccc4c3)cc2oc1=O.C=C(O)c1cc2sc(N(C)Cc3ccccc3-c3ccc(F)cc3)cc2oc1=O. The highest BCUT2D eigenvalue weighted by molar-refractivity contribution is 7.24. The van der Waals surface area contributed by atoms with Crippen molar-refractivity contribution in [2.24, 2.45) is 0 Å². The number of benzene rings is 10. The Morgan fingerprint density at radius 3 is 1.15 bits per heavy atom. The Morgan fingerprint density at radius 1 is 0.315 bits per heavy atom. The lowest BCUT2D eigenvalue weighted by Crippen LogP contribution is -2.25. The van der Waals surface area contributed by atoms with E-state index in [1.807, 2.05) is 166 Å². The van der Waals surface area contributed by atoms with Gasteiger partial charge in [-0.2, -0.15) is 0 Å². The first-order chi connectivity index (χ1) is 67.8. The molecule has 0 bridgehead atoms. The number of aryl methyl sites for hydroxylation is 2. The van der Waals surface area contributed by atoms with Crippen molar-refractivity contribution in [1.82, 2.24) is 0 Å². The molecule has 0 saturated heterocycles. The van der Waals surface area contributed by atoms with Crippen LogP contribution in [0.25, 0.3) is 135 Å². The summed E-state index contributed by atoms with van der Waals surface area (Å²) in [5.74, 6) is -3.07. The number of nitrogens with zero attached hydrogens (tertiary/aromatic N) is 5. The van der Waals surface area contributed by atoms with Crippen LogP contribution in [0, 0.1) is 31.3 Å². The molecule has 10 aromatic heterocycles. The maximum absolute atomic E-state index is 13.3. The first-order valence-corrected chi connectivity index (χ1v) is 47.4. The van der Waals surface area contributed by atoms with Gasteiger partial charge >= 0.3 is 28.1 Å². The van der Waals surface area contributed by atoms with Crippen molar-refractivity contribution in [3.8, 4) is 22.3 Å². The third kappa shape index (κ3) is 22.2. The number of halogens is 3. The fourth-order valence-corrected chi connectivity index (χ4v) is 20.6. The van der Waals surface area contributed by atoms with Gasteiger partial charge in [-0.05, 0) is 194 Å². The summed E-state index contributed by atoms with van der Waals surface area (Å²) >= 11 is 6.77. The van der Waals surface area contributed by atoms with Gasteiger partial charge in [-0.25, -0.2) is 37.1 Å². The van der Waals surface area contributed by atoms with E-state index in [4.69, 9.17) is 22.1 Å². The molecule has 23 nitrogen and oxygen atoms in total. The molecule has 10 aromatic carbocycles. The molecule has 0 aliphatic carbocycles. The van der Waals surface area contributed by atoms with Crippen LogP contribution in [0.3, 0.4) is 0 Å². The molecule has 143 heavy (non-hydrogen) atoms. The molecular formula is C112H88F3N5O18S5. The summed E-state index contributed by atoms with van der Waals surface area (Å²) < 4.78 is 69.5. The van der Waals surface area contributed by atoms with Gasteiger partial charge < -0.3 is 72.1 Å². The summed E-state index contributed by atoms with van der Waals surface area (Å²) in [5.41, 5.74) is 8.35. The van der Waals surface area contributed by atoms with Crippen molar-refractivity contribution in [1.29, 1.82) is 0 Å². The Bertz CT molecular complexity index is 8820. The summed E-state index contributed by atoms with van der Waals surface area (Å²) in [5, 5.41) is 57.1. The number of aliphatic hydroxyl groups is 5. The minimum absolute atomic E-state index is 0. The van der Waals surface area contributed by atoms with Crippen LogP contribution in [-0.2, 0) is 13.1 Å². The van der Waals surface area contributed by atoms with Crippen LogP contribution in [0.5, 0.6) is 0 Å². The second-order valence-corrected chi connectivity index (χ2v) is 38.3. The van der Waals surface area contributed by atoms with Crippen molar-refractivity contribution in [3.05, 3.63) is 436 Å². The lowest BCUT2D eigenvalue weighted by molar-refractivity contribution is 0.0986. The number of anilines is 5. The standard InChI is InChI=1S/C23H16FNO4S.C23H18FNO3S.2C22H17NO4S.C21H16FNO3S.CH4/c1-13(26)18-11-20-19(29-23(18)28)12-21(30-20)25(2)22(27)16-5-3-4-15(10-16)14-6-8-17(24)9-7-14;1-14(26)19-11-21-20(28-23(19)27)12-22(29-21)25(2)13-16-5-3-4-6-18(16)15-7-9-17(24)10-8-15;1-12-8-15(9-14-6-4-5-7-16(12)14)21(25)23(3)20-11-18-19(28-20)10-17(13(2)24)22(26)27-18;1-12-8-14-6-4-5-7-15(14)17(9-12)21(25)23(3)20-11-18-19(28-20)10-16(13(2)24)22(26)27-18;1-12(24)17-9-19-18(26-21(17)25)10-20(27-19)23(2)11-13-3-4-15-8-16(22)6-5-14(15)7-13;/h3-12,26H,1H2,2H3;3-12,26H,1,13H2,2H3;2*4-11,24H,2H2,1,3H3;3-10,24H,1,11H2,2H3;1H4. The Kier molecular flexibility index (Phi) is 29.8. The van der Waals surface area contributed by atoms with Crippen molar-refractivity contribution >= 4 is 212 Å². The molecule has 0 fully saturated rings. The van der Waals surface area contributed by atoms with Crippen molar-refractivity contribution in [2.45, 2.75) is 34.4 Å². The highest BCUT2D eigenvalue weighted by Crippen LogP contribution is 2.41. The second kappa shape index (κ2) is 42.4. The molecule has 20 aromatic rings. The number of rotatable bonds is 19. The number of hydrogen-bond acceptors (Lipinski definition) is 25. The molecule has 0 aliphatic heterocycles. The Hall–Kier alpha value is -17.0. The zero-order valence-electron chi connectivity index (χ0n) is 76.8. The van der Waals surface area contributed by atoms with E-state index >= 15 is 0 Å². The number of carbonyl (C=O) groups excluding carboxylic acids is 3. The highest BCUT2D eigenvalue weighted by atomic mass is 32.1. The molecule has 0 unspecified atom stereocenters. The molecule has 5 N–H and O–H groups in total. The van der Waals surface area contributed by atoms with E-state index in [1.54, 1.807) is 105 Å². The molecule has 0 spiro atoms. The smallest absolute Gasteiger partial charge is 0.347 e. The fourth-order valence-electron chi connectivity index (χ4n) is 15.6. The monoisotopic (exact) mass is 2010 g/mol. The van der Waals surface area contributed by atoms with Gasteiger partial charge in [0.2, 0.25) is 0 Å². The number of carbonyl (C=O) groups is 3. The average molecular weight is 2010 g/mol. The molecular weight excluding hydrogens is 1920 g/mol. The third-order valence-corrected chi connectivity index (χ3v) is 28.7. The molecule has 0 radical (unpaired) electrons. The minimum Gasteiger partial charge on any atom is -0.508 e. The highest BCUT2D eigenvalue weighted by Gasteiger charge is 2.26. The van der Waals surface area contributed by atoms with Gasteiger partial charge in [-0.3, -0.25) is 14.4 Å². The predicted molar refractivity (Wildman–Crippen MR) is 574 cm³/mol. The zero-order chi connectivity index (χ0) is 101. The van der Waals surface area contributed by atoms with E-state index in [-0.39, 0.29) is 99.2 Å². The molecule has 3 amide bonds.